The van der Waals surface area contributed by atoms with Crippen molar-refractivity contribution in [3.63, 3.8) is 0 Å². The van der Waals surface area contributed by atoms with Crippen molar-refractivity contribution in [2.24, 2.45) is 0 Å². The molecule has 0 aliphatic carbocycles. The van der Waals surface area contributed by atoms with E-state index in [-0.39, 0.29) is 5.43 Å². The molecule has 0 aliphatic heterocycles. The van der Waals surface area contributed by atoms with Gasteiger partial charge < -0.3 is 0 Å². The molecular weight excluding hydrogens is 148 g/mol. The standard InChI is InChI=1S/C11H14O/c1-3-6-10-8-5-4-7-9(2)11(10)12/h4-5,7-8H,3,6H2,1-2H3. The maximum absolute atomic E-state index is 11.6. The summed E-state index contributed by atoms with van der Waals surface area (Å²) in [5.74, 6) is 0. The Balaban J connectivity index is 3.23. The van der Waals surface area contributed by atoms with Crippen LogP contribution in [0.1, 0.15) is 24.5 Å². The molecule has 1 nitrogen and oxygen atoms in total. The van der Waals surface area contributed by atoms with Crippen LogP contribution in [0.15, 0.2) is 29.1 Å². The molecule has 64 valence electrons. The van der Waals surface area contributed by atoms with Crippen LogP contribution in [0.3, 0.4) is 0 Å². The Morgan fingerprint density at radius 3 is 2.58 bits per heavy atom. The molecule has 1 rings (SSSR count). The van der Waals surface area contributed by atoms with Crippen LogP contribution in [-0.2, 0) is 6.42 Å². The van der Waals surface area contributed by atoms with Crippen molar-refractivity contribution < 1.29 is 0 Å². The van der Waals surface area contributed by atoms with E-state index in [0.29, 0.717) is 0 Å². The highest BCUT2D eigenvalue weighted by atomic mass is 16.1. The number of hydrogen-bond donors (Lipinski definition) is 0. The number of rotatable bonds is 2. The van der Waals surface area contributed by atoms with Gasteiger partial charge in [-0.15, -0.1) is 0 Å². The fraction of sp³-hybridized carbons (Fsp3) is 0.364. The largest absolute Gasteiger partial charge is 0.289 e. The van der Waals surface area contributed by atoms with E-state index in [2.05, 4.69) is 6.92 Å². The fourth-order valence-corrected chi connectivity index (χ4v) is 1.24. The second-order valence-corrected chi connectivity index (χ2v) is 3.01. The van der Waals surface area contributed by atoms with Gasteiger partial charge in [0.25, 0.3) is 0 Å². The predicted molar refractivity (Wildman–Crippen MR) is 51.4 cm³/mol. The molecule has 1 aromatic carbocycles. The summed E-state index contributed by atoms with van der Waals surface area (Å²) in [4.78, 5) is 11.6. The molecule has 0 unspecified atom stereocenters. The SMILES string of the molecule is CCCc1ccccc(C)c1=O. The number of hydrogen-bond acceptors (Lipinski definition) is 1. The zero-order valence-electron chi connectivity index (χ0n) is 7.63. The van der Waals surface area contributed by atoms with E-state index in [1.165, 1.54) is 0 Å². The molecule has 0 saturated heterocycles. The van der Waals surface area contributed by atoms with Crippen LogP contribution < -0.4 is 5.43 Å². The Morgan fingerprint density at radius 2 is 1.92 bits per heavy atom. The third kappa shape index (κ3) is 1.94. The third-order valence-electron chi connectivity index (χ3n) is 1.92. The molecule has 0 radical (unpaired) electrons. The van der Waals surface area contributed by atoms with Gasteiger partial charge in [0.2, 0.25) is 0 Å². The summed E-state index contributed by atoms with van der Waals surface area (Å²) in [6.45, 7) is 3.95. The second-order valence-electron chi connectivity index (χ2n) is 3.01. The van der Waals surface area contributed by atoms with Gasteiger partial charge in [0.05, 0.1) is 0 Å². The van der Waals surface area contributed by atoms with Gasteiger partial charge >= 0.3 is 0 Å². The van der Waals surface area contributed by atoms with Gasteiger partial charge in [-0.3, -0.25) is 4.79 Å². The van der Waals surface area contributed by atoms with Gasteiger partial charge in [-0.1, -0.05) is 37.6 Å². The molecule has 0 fully saturated rings. The molecule has 0 spiro atoms. The van der Waals surface area contributed by atoms with Crippen molar-refractivity contribution >= 4 is 0 Å². The Bertz CT molecular complexity index is 315. The van der Waals surface area contributed by atoms with E-state index in [1.54, 1.807) is 0 Å². The summed E-state index contributed by atoms with van der Waals surface area (Å²) in [5, 5.41) is 0. The van der Waals surface area contributed by atoms with E-state index in [9.17, 15) is 4.79 Å². The Morgan fingerprint density at radius 1 is 1.25 bits per heavy atom. The van der Waals surface area contributed by atoms with Crippen molar-refractivity contribution in [2.45, 2.75) is 26.7 Å². The summed E-state index contributed by atoms with van der Waals surface area (Å²) in [5.41, 5.74) is 1.96. The van der Waals surface area contributed by atoms with Crippen molar-refractivity contribution in [3.8, 4) is 0 Å². The maximum atomic E-state index is 11.6. The number of aryl methyl sites for hydroxylation is 2. The summed E-state index contributed by atoms with van der Waals surface area (Å²) in [6, 6.07) is 7.62. The van der Waals surface area contributed by atoms with Gasteiger partial charge in [-0.05, 0) is 24.5 Å². The summed E-state index contributed by atoms with van der Waals surface area (Å²) < 4.78 is 0. The summed E-state index contributed by atoms with van der Waals surface area (Å²) in [6.07, 6.45) is 1.91. The van der Waals surface area contributed by atoms with Crippen LogP contribution >= 0.6 is 0 Å². The minimum Gasteiger partial charge on any atom is -0.289 e. The molecule has 0 heterocycles. The fourth-order valence-electron chi connectivity index (χ4n) is 1.24. The topological polar surface area (TPSA) is 17.1 Å². The first-order chi connectivity index (χ1) is 5.75. The minimum absolute atomic E-state index is 0.196. The van der Waals surface area contributed by atoms with Crippen LogP contribution in [0.5, 0.6) is 0 Å². The molecule has 0 bridgehead atoms. The van der Waals surface area contributed by atoms with Crippen molar-refractivity contribution in [2.75, 3.05) is 0 Å². The highest BCUT2D eigenvalue weighted by Gasteiger charge is 1.97. The van der Waals surface area contributed by atoms with Crippen molar-refractivity contribution in [3.05, 3.63) is 45.6 Å². The van der Waals surface area contributed by atoms with Crippen molar-refractivity contribution in [1.82, 2.24) is 0 Å². The minimum atomic E-state index is 0.196. The van der Waals surface area contributed by atoms with Gasteiger partial charge in [0.1, 0.15) is 0 Å². The lowest BCUT2D eigenvalue weighted by Gasteiger charge is -1.91. The van der Waals surface area contributed by atoms with Crippen LogP contribution in [0.4, 0.5) is 0 Å². The van der Waals surface area contributed by atoms with Crippen molar-refractivity contribution in [1.29, 1.82) is 0 Å². The van der Waals surface area contributed by atoms with E-state index < -0.39 is 0 Å². The lowest BCUT2D eigenvalue weighted by atomic mass is 10.1. The van der Waals surface area contributed by atoms with Gasteiger partial charge in [-0.25, -0.2) is 0 Å². The average Bonchev–Trinajstić information content (AvgIpc) is 2.20. The average molecular weight is 162 g/mol. The lowest BCUT2D eigenvalue weighted by molar-refractivity contribution is 0.914. The van der Waals surface area contributed by atoms with E-state index in [4.69, 9.17) is 0 Å². The smallest absolute Gasteiger partial charge is 0.184 e. The molecule has 1 heteroatoms. The Labute approximate surface area is 73.1 Å². The summed E-state index contributed by atoms with van der Waals surface area (Å²) in [7, 11) is 0. The normalized spacial score (nSPS) is 9.83. The molecule has 0 aromatic heterocycles. The van der Waals surface area contributed by atoms with E-state index in [0.717, 1.165) is 24.0 Å². The Kier molecular flexibility index (Phi) is 3.03. The van der Waals surface area contributed by atoms with E-state index >= 15 is 0 Å². The van der Waals surface area contributed by atoms with Gasteiger partial charge in [-0.2, -0.15) is 0 Å². The van der Waals surface area contributed by atoms with Crippen LogP contribution in [0.2, 0.25) is 0 Å². The lowest BCUT2D eigenvalue weighted by Crippen LogP contribution is -2.07. The van der Waals surface area contributed by atoms with Crippen LogP contribution in [0, 0.1) is 6.92 Å². The first-order valence-corrected chi connectivity index (χ1v) is 4.34. The van der Waals surface area contributed by atoms with Crippen LogP contribution in [0.25, 0.3) is 0 Å². The Hall–Kier alpha value is -1.11. The molecule has 0 N–H and O–H groups in total. The van der Waals surface area contributed by atoms with E-state index in [1.807, 2.05) is 31.2 Å². The first kappa shape index (κ1) is 8.98. The monoisotopic (exact) mass is 162 g/mol. The molecule has 0 amide bonds. The highest BCUT2D eigenvalue weighted by Crippen LogP contribution is 1.97. The zero-order valence-corrected chi connectivity index (χ0v) is 7.63. The molecule has 0 aliphatic rings. The maximum Gasteiger partial charge on any atom is 0.184 e. The first-order valence-electron chi connectivity index (χ1n) is 4.34. The van der Waals surface area contributed by atoms with Gasteiger partial charge in [0, 0.05) is 0 Å². The molecule has 0 saturated carbocycles. The van der Waals surface area contributed by atoms with Crippen LogP contribution in [-0.4, -0.2) is 0 Å². The molecular formula is C11H14O. The predicted octanol–water partition coefficient (Wildman–Crippen LogP) is 2.31. The third-order valence-corrected chi connectivity index (χ3v) is 1.92. The second kappa shape index (κ2) is 4.05. The zero-order chi connectivity index (χ0) is 8.97. The molecule has 12 heavy (non-hydrogen) atoms. The molecule has 0 atom stereocenters. The highest BCUT2D eigenvalue weighted by molar-refractivity contribution is 5.20. The summed E-state index contributed by atoms with van der Waals surface area (Å²) >= 11 is 0. The molecule has 1 aromatic rings. The quantitative estimate of drug-likeness (QED) is 0.652. The van der Waals surface area contributed by atoms with Gasteiger partial charge in [0.15, 0.2) is 5.43 Å².